The highest BCUT2D eigenvalue weighted by Gasteiger charge is 2.14. The van der Waals surface area contributed by atoms with Gasteiger partial charge in [-0.05, 0) is 19.3 Å². The second kappa shape index (κ2) is 13.9. The predicted octanol–water partition coefficient (Wildman–Crippen LogP) is 6.19. The monoisotopic (exact) mass is 284 g/mol. The molecule has 0 N–H and O–H groups in total. The van der Waals surface area contributed by atoms with E-state index in [1.54, 1.807) is 0 Å². The number of rotatable bonds is 13. The van der Waals surface area contributed by atoms with Crippen LogP contribution >= 0.6 is 0 Å². The summed E-state index contributed by atoms with van der Waals surface area (Å²) in [5, 5.41) is 0. The third-order valence-electron chi connectivity index (χ3n) is 4.34. The first-order valence-corrected chi connectivity index (χ1v) is 9.21. The smallest absolute Gasteiger partial charge is 0.0930 e. The van der Waals surface area contributed by atoms with Crippen LogP contribution in [0, 0.1) is 0 Å². The van der Waals surface area contributed by atoms with Crippen LogP contribution in [0.4, 0.5) is 0 Å². The van der Waals surface area contributed by atoms with Crippen LogP contribution in [-0.4, -0.2) is 12.7 Å². The molecule has 0 aromatic carbocycles. The molecule has 0 amide bonds. The van der Waals surface area contributed by atoms with Gasteiger partial charge in [0, 0.05) is 0 Å². The molecule has 0 unspecified atom stereocenters. The second-order valence-corrected chi connectivity index (χ2v) is 6.36. The van der Waals surface area contributed by atoms with E-state index >= 15 is 0 Å². The lowest BCUT2D eigenvalue weighted by molar-refractivity contribution is -0.328. The maximum absolute atomic E-state index is 5.47. The summed E-state index contributed by atoms with van der Waals surface area (Å²) in [5.41, 5.74) is 0. The zero-order chi connectivity index (χ0) is 14.3. The fraction of sp³-hybridized carbons (Fsp3) is 1.00. The lowest BCUT2D eigenvalue weighted by atomic mass is 9.98. The van der Waals surface area contributed by atoms with E-state index in [1.807, 2.05) is 0 Å². The predicted molar refractivity (Wildman–Crippen MR) is 85.8 cm³/mol. The SMILES string of the molecule is CCCCCCCCCCCCOOC1CCCCC1. The third kappa shape index (κ3) is 10.7. The van der Waals surface area contributed by atoms with Gasteiger partial charge in [-0.1, -0.05) is 84.0 Å². The van der Waals surface area contributed by atoms with E-state index in [9.17, 15) is 0 Å². The Labute approximate surface area is 126 Å². The first kappa shape index (κ1) is 18.0. The zero-order valence-corrected chi connectivity index (χ0v) is 13.7. The third-order valence-corrected chi connectivity index (χ3v) is 4.34. The Bertz CT molecular complexity index is 188. The van der Waals surface area contributed by atoms with Crippen molar-refractivity contribution < 1.29 is 9.78 Å². The summed E-state index contributed by atoms with van der Waals surface area (Å²) in [7, 11) is 0. The summed E-state index contributed by atoms with van der Waals surface area (Å²) < 4.78 is 0. The molecular formula is C18H36O2. The van der Waals surface area contributed by atoms with Crippen molar-refractivity contribution >= 4 is 0 Å². The quantitative estimate of drug-likeness (QED) is 0.228. The zero-order valence-electron chi connectivity index (χ0n) is 13.7. The molecule has 1 saturated carbocycles. The van der Waals surface area contributed by atoms with E-state index in [0.717, 1.165) is 13.0 Å². The van der Waals surface area contributed by atoms with Gasteiger partial charge >= 0.3 is 0 Å². The van der Waals surface area contributed by atoms with Gasteiger partial charge in [-0.15, -0.1) is 0 Å². The largest absolute Gasteiger partial charge is 0.236 e. The molecule has 0 aromatic rings. The van der Waals surface area contributed by atoms with Gasteiger partial charge in [-0.2, -0.15) is 0 Å². The van der Waals surface area contributed by atoms with E-state index < -0.39 is 0 Å². The highest BCUT2D eigenvalue weighted by Crippen LogP contribution is 2.20. The number of hydrogen-bond acceptors (Lipinski definition) is 2. The van der Waals surface area contributed by atoms with Crippen LogP contribution in [0.5, 0.6) is 0 Å². The Kier molecular flexibility index (Phi) is 12.5. The van der Waals surface area contributed by atoms with Crippen molar-refractivity contribution in [2.24, 2.45) is 0 Å². The van der Waals surface area contributed by atoms with Gasteiger partial charge in [0.15, 0.2) is 0 Å². The van der Waals surface area contributed by atoms with Gasteiger partial charge in [0.1, 0.15) is 0 Å². The van der Waals surface area contributed by atoms with Crippen molar-refractivity contribution in [1.82, 2.24) is 0 Å². The molecule has 0 aliphatic heterocycles. The van der Waals surface area contributed by atoms with Gasteiger partial charge in [-0.25, -0.2) is 9.78 Å². The molecule has 0 bridgehead atoms. The topological polar surface area (TPSA) is 18.5 Å². The van der Waals surface area contributed by atoms with Gasteiger partial charge in [0.05, 0.1) is 12.7 Å². The Balaban J connectivity index is 1.70. The van der Waals surface area contributed by atoms with Crippen LogP contribution < -0.4 is 0 Å². The fourth-order valence-electron chi connectivity index (χ4n) is 2.95. The molecule has 1 rings (SSSR count). The Morgan fingerprint density at radius 2 is 1.25 bits per heavy atom. The maximum atomic E-state index is 5.47. The minimum absolute atomic E-state index is 0.381. The van der Waals surface area contributed by atoms with E-state index in [4.69, 9.17) is 9.78 Å². The molecule has 2 heteroatoms. The molecule has 0 atom stereocenters. The molecule has 120 valence electrons. The molecule has 20 heavy (non-hydrogen) atoms. The van der Waals surface area contributed by atoms with Gasteiger partial charge in [0.25, 0.3) is 0 Å². The summed E-state index contributed by atoms with van der Waals surface area (Å²) in [6.07, 6.45) is 20.5. The minimum atomic E-state index is 0.381. The van der Waals surface area contributed by atoms with Crippen LogP contribution in [0.2, 0.25) is 0 Å². The van der Waals surface area contributed by atoms with Crippen LogP contribution in [-0.2, 0) is 9.78 Å². The van der Waals surface area contributed by atoms with E-state index in [2.05, 4.69) is 6.92 Å². The van der Waals surface area contributed by atoms with E-state index in [-0.39, 0.29) is 0 Å². The van der Waals surface area contributed by atoms with Crippen LogP contribution in [0.1, 0.15) is 103 Å². The van der Waals surface area contributed by atoms with Crippen molar-refractivity contribution in [3.63, 3.8) is 0 Å². The molecule has 0 spiro atoms. The molecular weight excluding hydrogens is 248 g/mol. The first-order chi connectivity index (χ1) is 9.93. The standard InChI is InChI=1S/C18H36O2/c1-2-3-4-5-6-7-8-9-10-14-17-19-20-18-15-12-11-13-16-18/h18H,2-17H2,1H3. The Morgan fingerprint density at radius 1 is 0.700 bits per heavy atom. The van der Waals surface area contributed by atoms with Crippen molar-refractivity contribution in [3.8, 4) is 0 Å². The number of hydrogen-bond donors (Lipinski definition) is 0. The normalized spacial score (nSPS) is 16.6. The highest BCUT2D eigenvalue weighted by atomic mass is 17.2. The van der Waals surface area contributed by atoms with Crippen molar-refractivity contribution in [2.75, 3.05) is 6.61 Å². The van der Waals surface area contributed by atoms with Crippen molar-refractivity contribution in [1.29, 1.82) is 0 Å². The summed E-state index contributed by atoms with van der Waals surface area (Å²) in [4.78, 5) is 10.8. The van der Waals surface area contributed by atoms with E-state index in [1.165, 1.54) is 89.9 Å². The lowest BCUT2D eigenvalue weighted by Gasteiger charge is -2.20. The van der Waals surface area contributed by atoms with Gasteiger partial charge in [0.2, 0.25) is 0 Å². The Morgan fingerprint density at radius 3 is 1.85 bits per heavy atom. The second-order valence-electron chi connectivity index (χ2n) is 6.36. The average molecular weight is 284 g/mol. The molecule has 0 radical (unpaired) electrons. The summed E-state index contributed by atoms with van der Waals surface area (Å²) in [5.74, 6) is 0. The number of unbranched alkanes of at least 4 members (excludes halogenated alkanes) is 9. The Hall–Kier alpha value is -0.0800. The van der Waals surface area contributed by atoms with Crippen molar-refractivity contribution in [3.05, 3.63) is 0 Å². The molecule has 0 heterocycles. The lowest BCUT2D eigenvalue weighted by Crippen LogP contribution is -2.17. The van der Waals surface area contributed by atoms with Crippen molar-refractivity contribution in [2.45, 2.75) is 109 Å². The van der Waals surface area contributed by atoms with Crippen LogP contribution in [0.3, 0.4) is 0 Å². The van der Waals surface area contributed by atoms with Crippen LogP contribution in [0.25, 0.3) is 0 Å². The fourth-order valence-corrected chi connectivity index (χ4v) is 2.95. The van der Waals surface area contributed by atoms with Gasteiger partial charge in [-0.3, -0.25) is 0 Å². The van der Waals surface area contributed by atoms with E-state index in [0.29, 0.717) is 6.10 Å². The first-order valence-electron chi connectivity index (χ1n) is 9.21. The summed E-state index contributed by atoms with van der Waals surface area (Å²) >= 11 is 0. The molecule has 1 aliphatic carbocycles. The summed E-state index contributed by atoms with van der Waals surface area (Å²) in [6.45, 7) is 3.06. The average Bonchev–Trinajstić information content (AvgIpc) is 2.49. The maximum Gasteiger partial charge on any atom is 0.0930 e. The summed E-state index contributed by atoms with van der Waals surface area (Å²) in [6, 6.07) is 0. The highest BCUT2D eigenvalue weighted by molar-refractivity contribution is 4.63. The molecule has 1 fully saturated rings. The molecule has 0 saturated heterocycles. The van der Waals surface area contributed by atoms with Crippen LogP contribution in [0.15, 0.2) is 0 Å². The van der Waals surface area contributed by atoms with Gasteiger partial charge < -0.3 is 0 Å². The molecule has 2 nitrogen and oxygen atoms in total. The minimum Gasteiger partial charge on any atom is -0.236 e. The molecule has 1 aliphatic rings. The molecule has 0 aromatic heterocycles.